The lowest BCUT2D eigenvalue weighted by Crippen LogP contribution is -2.27. The highest BCUT2D eigenvalue weighted by Gasteiger charge is 2.32. The average Bonchev–Trinajstić information content (AvgIpc) is 3.34. The van der Waals surface area contributed by atoms with Gasteiger partial charge in [-0.3, -0.25) is 14.6 Å². The molecule has 0 fully saturated rings. The van der Waals surface area contributed by atoms with Crippen LogP contribution in [0.15, 0.2) is 54.9 Å². The van der Waals surface area contributed by atoms with Crippen LogP contribution in [0, 0.1) is 5.41 Å². The van der Waals surface area contributed by atoms with Crippen LogP contribution in [0.3, 0.4) is 0 Å². The molecule has 0 bridgehead atoms. The summed E-state index contributed by atoms with van der Waals surface area (Å²) < 4.78 is 6.79. The van der Waals surface area contributed by atoms with Gasteiger partial charge >= 0.3 is 5.97 Å². The van der Waals surface area contributed by atoms with Gasteiger partial charge in [0, 0.05) is 28.8 Å². The van der Waals surface area contributed by atoms with E-state index in [1.807, 2.05) is 56.3 Å². The van der Waals surface area contributed by atoms with Crippen molar-refractivity contribution in [2.24, 2.45) is 5.41 Å². The first kappa shape index (κ1) is 27.0. The maximum atomic E-state index is 12.7. The molecule has 3 aromatic heterocycles. The topological polar surface area (TPSA) is 112 Å². The lowest BCUT2D eigenvalue weighted by Gasteiger charge is -2.25. The lowest BCUT2D eigenvalue weighted by atomic mass is 9.82. The minimum Gasteiger partial charge on any atom is -0.466 e. The molecular weight excluding hydrogens is 478 g/mol. The molecule has 198 valence electrons. The van der Waals surface area contributed by atoms with Crippen LogP contribution in [0.5, 0.6) is 0 Å². The van der Waals surface area contributed by atoms with E-state index >= 15 is 0 Å². The van der Waals surface area contributed by atoms with Crippen LogP contribution in [0.4, 0.5) is 5.82 Å². The van der Waals surface area contributed by atoms with E-state index in [4.69, 9.17) is 15.5 Å². The van der Waals surface area contributed by atoms with Gasteiger partial charge in [-0.25, -0.2) is 4.98 Å². The standard InChI is InChI=1S/C30H35N5O3/c1-6-20(15-16-30(4,5)29(37)38-7-2)26-25(19(3)36)27(31)35-28(34-26)23(18-33-35)22-13-14-24(32-17-22)21-11-9-8-10-12-21/h8-14,17-18,20H,6-7,15-16,31H2,1-5H3/t20-/m0/s1. The van der Waals surface area contributed by atoms with Crippen molar-refractivity contribution in [3.63, 3.8) is 0 Å². The number of rotatable bonds is 10. The Kier molecular flexibility index (Phi) is 7.90. The molecule has 1 atom stereocenters. The minimum absolute atomic E-state index is 0.0729. The molecule has 0 unspecified atom stereocenters. The van der Waals surface area contributed by atoms with Crippen LogP contribution in [0.2, 0.25) is 0 Å². The Morgan fingerprint density at radius 1 is 1.05 bits per heavy atom. The van der Waals surface area contributed by atoms with Crippen LogP contribution in [-0.2, 0) is 9.53 Å². The fraction of sp³-hybridized carbons (Fsp3) is 0.367. The number of ketones is 1. The SMILES string of the molecule is CCOC(=O)C(C)(C)CC[C@H](CC)c1nc2c(-c3ccc(-c4ccccc4)nc3)cnn2c(N)c1C(C)=O. The number of aromatic nitrogens is 4. The zero-order chi connectivity index (χ0) is 27.4. The molecule has 0 saturated heterocycles. The van der Waals surface area contributed by atoms with E-state index in [9.17, 15) is 9.59 Å². The molecule has 0 spiro atoms. The zero-order valence-corrected chi connectivity index (χ0v) is 22.7. The van der Waals surface area contributed by atoms with Crippen molar-refractivity contribution in [2.45, 2.75) is 59.8 Å². The van der Waals surface area contributed by atoms with Gasteiger partial charge in [-0.05, 0) is 53.0 Å². The summed E-state index contributed by atoms with van der Waals surface area (Å²) in [5.41, 5.74) is 11.0. The summed E-state index contributed by atoms with van der Waals surface area (Å²) >= 11 is 0. The summed E-state index contributed by atoms with van der Waals surface area (Å²) in [4.78, 5) is 34.8. The summed E-state index contributed by atoms with van der Waals surface area (Å²) in [5.74, 6) is -0.202. The summed E-state index contributed by atoms with van der Waals surface area (Å²) in [6.07, 6.45) is 5.48. The first-order valence-electron chi connectivity index (χ1n) is 13.0. The van der Waals surface area contributed by atoms with Gasteiger partial charge in [0.2, 0.25) is 0 Å². The Morgan fingerprint density at radius 3 is 2.39 bits per heavy atom. The van der Waals surface area contributed by atoms with Gasteiger partial charge in [-0.15, -0.1) is 0 Å². The summed E-state index contributed by atoms with van der Waals surface area (Å²) in [6, 6.07) is 13.9. The number of benzene rings is 1. The number of carbonyl (C=O) groups is 2. The van der Waals surface area contributed by atoms with Crippen LogP contribution in [-0.4, -0.2) is 37.9 Å². The molecule has 0 saturated carbocycles. The number of esters is 1. The predicted molar refractivity (Wildman–Crippen MR) is 149 cm³/mol. The number of hydrogen-bond donors (Lipinski definition) is 1. The highest BCUT2D eigenvalue weighted by Crippen LogP contribution is 2.36. The molecule has 8 nitrogen and oxygen atoms in total. The number of fused-ring (bicyclic) bond motifs is 1. The first-order chi connectivity index (χ1) is 18.2. The minimum atomic E-state index is -0.649. The van der Waals surface area contributed by atoms with Crippen molar-refractivity contribution in [2.75, 3.05) is 12.3 Å². The Bertz CT molecular complexity index is 1440. The molecule has 4 rings (SSSR count). The number of nitrogen functional groups attached to an aromatic ring is 1. The highest BCUT2D eigenvalue weighted by atomic mass is 16.5. The normalized spacial score (nSPS) is 12.4. The van der Waals surface area contributed by atoms with Crippen LogP contribution in [0.25, 0.3) is 28.0 Å². The van der Waals surface area contributed by atoms with Gasteiger partial charge in [0.05, 0.1) is 35.2 Å². The number of hydrogen-bond acceptors (Lipinski definition) is 7. The van der Waals surface area contributed by atoms with E-state index in [0.717, 1.165) is 28.8 Å². The third-order valence-electron chi connectivity index (χ3n) is 7.03. The molecule has 0 aliphatic heterocycles. The zero-order valence-electron chi connectivity index (χ0n) is 22.7. The van der Waals surface area contributed by atoms with Crippen molar-refractivity contribution < 1.29 is 14.3 Å². The molecule has 0 aliphatic carbocycles. The second-order valence-electron chi connectivity index (χ2n) is 10.2. The molecule has 2 N–H and O–H groups in total. The third-order valence-corrected chi connectivity index (χ3v) is 7.03. The number of Topliss-reactive ketones (excluding diaryl/α,β-unsaturated/α-hetero) is 1. The summed E-state index contributed by atoms with van der Waals surface area (Å²) in [5, 5.41) is 4.46. The number of ether oxygens (including phenoxy) is 1. The Balaban J connectivity index is 1.74. The maximum absolute atomic E-state index is 12.7. The maximum Gasteiger partial charge on any atom is 0.311 e. The smallest absolute Gasteiger partial charge is 0.311 e. The summed E-state index contributed by atoms with van der Waals surface area (Å²) in [7, 11) is 0. The van der Waals surface area contributed by atoms with Gasteiger partial charge < -0.3 is 10.5 Å². The third kappa shape index (κ3) is 5.30. The average molecular weight is 514 g/mol. The second-order valence-corrected chi connectivity index (χ2v) is 10.2. The van der Waals surface area contributed by atoms with E-state index in [1.165, 1.54) is 11.4 Å². The van der Waals surface area contributed by atoms with Gasteiger partial charge in [-0.2, -0.15) is 9.61 Å². The van der Waals surface area contributed by atoms with Gasteiger partial charge in [0.1, 0.15) is 5.82 Å². The molecule has 0 amide bonds. The molecule has 4 aromatic rings. The van der Waals surface area contributed by atoms with Gasteiger partial charge in [-0.1, -0.05) is 43.3 Å². The van der Waals surface area contributed by atoms with E-state index in [-0.39, 0.29) is 23.5 Å². The van der Waals surface area contributed by atoms with Crippen LogP contribution < -0.4 is 5.73 Å². The van der Waals surface area contributed by atoms with Crippen molar-refractivity contribution in [3.8, 4) is 22.4 Å². The Labute approximate surface area is 223 Å². The van der Waals surface area contributed by atoms with Crippen molar-refractivity contribution >= 4 is 23.2 Å². The highest BCUT2D eigenvalue weighted by molar-refractivity contribution is 6.00. The number of nitrogens with two attached hydrogens (primary N) is 1. The van der Waals surface area contributed by atoms with Crippen molar-refractivity contribution in [1.29, 1.82) is 0 Å². The molecule has 1 aromatic carbocycles. The van der Waals surface area contributed by atoms with E-state index in [2.05, 4.69) is 17.0 Å². The molecular formula is C30H35N5O3. The second kappa shape index (κ2) is 11.1. The number of anilines is 1. The molecule has 0 radical (unpaired) electrons. The van der Waals surface area contributed by atoms with E-state index in [1.54, 1.807) is 19.3 Å². The monoisotopic (exact) mass is 513 g/mol. The molecule has 0 aliphatic rings. The lowest BCUT2D eigenvalue weighted by molar-refractivity contribution is -0.153. The first-order valence-corrected chi connectivity index (χ1v) is 13.0. The van der Waals surface area contributed by atoms with E-state index < -0.39 is 5.41 Å². The van der Waals surface area contributed by atoms with Gasteiger partial charge in [0.25, 0.3) is 0 Å². The molecule has 38 heavy (non-hydrogen) atoms. The Morgan fingerprint density at radius 2 is 1.79 bits per heavy atom. The fourth-order valence-corrected chi connectivity index (χ4v) is 4.72. The molecule has 8 heteroatoms. The van der Waals surface area contributed by atoms with E-state index in [0.29, 0.717) is 36.4 Å². The van der Waals surface area contributed by atoms with Crippen LogP contribution >= 0.6 is 0 Å². The van der Waals surface area contributed by atoms with Crippen LogP contribution in [0.1, 0.15) is 75.9 Å². The largest absolute Gasteiger partial charge is 0.466 e. The summed E-state index contributed by atoms with van der Waals surface area (Å²) in [6.45, 7) is 9.46. The number of carbonyl (C=O) groups excluding carboxylic acids is 2. The van der Waals surface area contributed by atoms with Gasteiger partial charge in [0.15, 0.2) is 11.4 Å². The van der Waals surface area contributed by atoms with Crippen molar-refractivity contribution in [3.05, 3.63) is 66.1 Å². The fourth-order valence-electron chi connectivity index (χ4n) is 4.72. The quantitative estimate of drug-likeness (QED) is 0.201. The number of nitrogens with zero attached hydrogens (tertiary/aromatic N) is 4. The predicted octanol–water partition coefficient (Wildman–Crippen LogP) is 6.11. The molecule has 3 heterocycles. The number of pyridine rings is 1. The van der Waals surface area contributed by atoms with Crippen molar-refractivity contribution in [1.82, 2.24) is 19.6 Å². The Hall–Kier alpha value is -4.07.